The average molecular weight is 449 g/mol. The lowest BCUT2D eigenvalue weighted by Gasteiger charge is -2.17. The zero-order valence-electron chi connectivity index (χ0n) is 17.4. The molecule has 1 aromatic heterocycles. The summed E-state index contributed by atoms with van der Waals surface area (Å²) in [4.78, 5) is 31.5. The predicted molar refractivity (Wildman–Crippen MR) is 125 cm³/mol. The van der Waals surface area contributed by atoms with Crippen LogP contribution < -0.4 is 10.2 Å². The molecule has 0 atom stereocenters. The van der Waals surface area contributed by atoms with Crippen LogP contribution in [0.1, 0.15) is 0 Å². The van der Waals surface area contributed by atoms with Crippen LogP contribution in [0.4, 0.5) is 15.8 Å². The summed E-state index contributed by atoms with van der Waals surface area (Å²) < 4.78 is 15.6. The highest BCUT2D eigenvalue weighted by molar-refractivity contribution is 7.99. The number of hydrogen-bond donors (Lipinski definition) is 1. The Morgan fingerprint density at radius 1 is 1.00 bits per heavy atom. The van der Waals surface area contributed by atoms with E-state index in [1.807, 2.05) is 54.6 Å². The number of anilines is 2. The van der Waals surface area contributed by atoms with E-state index in [2.05, 4.69) is 10.3 Å². The van der Waals surface area contributed by atoms with Crippen molar-refractivity contribution in [2.45, 2.75) is 11.7 Å². The summed E-state index contributed by atoms with van der Waals surface area (Å²) in [5.74, 6) is -0.812. The van der Waals surface area contributed by atoms with Crippen molar-refractivity contribution in [2.24, 2.45) is 0 Å². The predicted octanol–water partition coefficient (Wildman–Crippen LogP) is 4.57. The summed E-state index contributed by atoms with van der Waals surface area (Å²) >= 11 is 1.26. The molecule has 0 unspecified atom stereocenters. The van der Waals surface area contributed by atoms with Crippen LogP contribution in [-0.2, 0) is 16.1 Å². The van der Waals surface area contributed by atoms with Crippen LogP contribution in [0.2, 0.25) is 0 Å². The number of nitrogens with zero attached hydrogens (tertiary/aromatic N) is 3. The normalized spacial score (nSPS) is 10.8. The Morgan fingerprint density at radius 3 is 2.47 bits per heavy atom. The maximum atomic E-state index is 13.9. The first-order chi connectivity index (χ1) is 15.5. The van der Waals surface area contributed by atoms with Crippen molar-refractivity contribution < 1.29 is 14.0 Å². The largest absolute Gasteiger partial charge is 0.322 e. The molecule has 0 saturated carbocycles. The number of rotatable bonds is 7. The Bertz CT molecular complexity index is 1260. The molecule has 4 rings (SSSR count). The molecule has 0 aliphatic rings. The van der Waals surface area contributed by atoms with E-state index >= 15 is 0 Å². The highest BCUT2D eigenvalue weighted by Crippen LogP contribution is 2.25. The zero-order valence-corrected chi connectivity index (χ0v) is 18.2. The third-order valence-corrected chi connectivity index (χ3v) is 5.87. The maximum Gasteiger partial charge on any atom is 0.244 e. The second kappa shape index (κ2) is 9.65. The van der Waals surface area contributed by atoms with Gasteiger partial charge in [0.05, 0.1) is 22.5 Å². The van der Waals surface area contributed by atoms with Crippen LogP contribution in [-0.4, -0.2) is 34.2 Å². The number of para-hydroxylation sites is 4. The van der Waals surface area contributed by atoms with E-state index in [0.717, 1.165) is 16.7 Å². The first-order valence-electron chi connectivity index (χ1n) is 9.97. The molecule has 4 aromatic rings. The molecule has 2 amide bonds. The lowest BCUT2D eigenvalue weighted by molar-refractivity contribution is -0.117. The van der Waals surface area contributed by atoms with E-state index in [9.17, 15) is 14.0 Å². The van der Waals surface area contributed by atoms with Crippen molar-refractivity contribution in [3.05, 3.63) is 84.7 Å². The molecule has 1 N–H and O–H groups in total. The molecule has 1 heterocycles. The zero-order chi connectivity index (χ0) is 22.5. The number of fused-ring (bicyclic) bond motifs is 1. The third kappa shape index (κ3) is 4.81. The first kappa shape index (κ1) is 21.6. The fourth-order valence-corrected chi connectivity index (χ4v) is 4.16. The van der Waals surface area contributed by atoms with E-state index in [1.165, 1.54) is 23.9 Å². The molecule has 0 saturated heterocycles. The van der Waals surface area contributed by atoms with Gasteiger partial charge in [0.1, 0.15) is 12.4 Å². The van der Waals surface area contributed by atoms with Gasteiger partial charge < -0.3 is 14.8 Å². The molecule has 162 valence electrons. The van der Waals surface area contributed by atoms with E-state index < -0.39 is 5.82 Å². The minimum atomic E-state index is -0.500. The van der Waals surface area contributed by atoms with Crippen LogP contribution in [0.15, 0.2) is 84.0 Å². The van der Waals surface area contributed by atoms with Crippen molar-refractivity contribution >= 4 is 46.0 Å². The fourth-order valence-electron chi connectivity index (χ4n) is 3.23. The van der Waals surface area contributed by atoms with E-state index in [1.54, 1.807) is 28.6 Å². The Morgan fingerprint density at radius 2 is 1.69 bits per heavy atom. The van der Waals surface area contributed by atoms with Crippen molar-refractivity contribution in [2.75, 3.05) is 23.0 Å². The van der Waals surface area contributed by atoms with E-state index in [-0.39, 0.29) is 29.8 Å². The molecule has 0 aliphatic heterocycles. The van der Waals surface area contributed by atoms with Gasteiger partial charge in [0, 0.05) is 12.7 Å². The van der Waals surface area contributed by atoms with Gasteiger partial charge in [-0.15, -0.1) is 0 Å². The molecule has 0 spiro atoms. The second-order valence-electron chi connectivity index (χ2n) is 7.07. The van der Waals surface area contributed by atoms with Gasteiger partial charge in [-0.1, -0.05) is 54.2 Å². The van der Waals surface area contributed by atoms with Crippen molar-refractivity contribution in [3.63, 3.8) is 0 Å². The van der Waals surface area contributed by atoms with Crippen LogP contribution in [0, 0.1) is 5.82 Å². The second-order valence-corrected chi connectivity index (χ2v) is 8.02. The molecule has 0 radical (unpaired) electrons. The van der Waals surface area contributed by atoms with Gasteiger partial charge in [0.15, 0.2) is 5.16 Å². The van der Waals surface area contributed by atoms with Crippen LogP contribution in [0.5, 0.6) is 0 Å². The highest BCUT2D eigenvalue weighted by Gasteiger charge is 2.18. The van der Waals surface area contributed by atoms with Crippen molar-refractivity contribution in [1.29, 1.82) is 0 Å². The Balaban J connectivity index is 1.52. The minimum Gasteiger partial charge on any atom is -0.322 e. The third-order valence-electron chi connectivity index (χ3n) is 4.91. The molecule has 0 fully saturated rings. The highest BCUT2D eigenvalue weighted by atomic mass is 32.2. The van der Waals surface area contributed by atoms with Crippen molar-refractivity contribution in [1.82, 2.24) is 9.55 Å². The van der Waals surface area contributed by atoms with Gasteiger partial charge in [-0.2, -0.15) is 0 Å². The maximum absolute atomic E-state index is 13.9. The molecular weight excluding hydrogens is 427 g/mol. The monoisotopic (exact) mass is 448 g/mol. The number of thioether (sulfide) groups is 1. The first-order valence-corrected chi connectivity index (χ1v) is 11.0. The van der Waals surface area contributed by atoms with Crippen LogP contribution in [0.3, 0.4) is 0 Å². The number of nitrogens with one attached hydrogen (secondary N) is 1. The molecule has 32 heavy (non-hydrogen) atoms. The topological polar surface area (TPSA) is 67.2 Å². The van der Waals surface area contributed by atoms with Gasteiger partial charge in [-0.3, -0.25) is 9.59 Å². The van der Waals surface area contributed by atoms with Gasteiger partial charge in [0.2, 0.25) is 11.8 Å². The summed E-state index contributed by atoms with van der Waals surface area (Å²) in [7, 11) is 1.73. The minimum absolute atomic E-state index is 0.0557. The molecule has 0 bridgehead atoms. The van der Waals surface area contributed by atoms with E-state index in [0.29, 0.717) is 5.16 Å². The number of carbonyl (C=O) groups excluding carboxylic acids is 2. The number of imidazole rings is 1. The lowest BCUT2D eigenvalue weighted by Crippen LogP contribution is -2.28. The number of amides is 2. The average Bonchev–Trinajstić information content (AvgIpc) is 3.16. The number of carbonyl (C=O) groups is 2. The molecule has 6 nitrogen and oxygen atoms in total. The van der Waals surface area contributed by atoms with Crippen molar-refractivity contribution in [3.8, 4) is 0 Å². The molecule has 0 aliphatic carbocycles. The standard InChI is InChI=1S/C24H21FN4O2S/c1-28(17-9-3-2-4-10-17)23(31)16-32-24-27-20-13-7-8-14-21(20)29(24)15-22(30)26-19-12-6-5-11-18(19)25/h2-14H,15-16H2,1H3,(H,26,30). The van der Waals surface area contributed by atoms with Gasteiger partial charge in [0.25, 0.3) is 0 Å². The Labute approximate surface area is 189 Å². The summed E-state index contributed by atoms with van der Waals surface area (Å²) in [6.45, 7) is -0.0557. The number of halogens is 1. The SMILES string of the molecule is CN(C(=O)CSc1nc2ccccc2n1CC(=O)Nc1ccccc1F)c1ccccc1. The van der Waals surface area contributed by atoms with E-state index in [4.69, 9.17) is 0 Å². The van der Waals surface area contributed by atoms with Gasteiger partial charge >= 0.3 is 0 Å². The van der Waals surface area contributed by atoms with Gasteiger partial charge in [-0.25, -0.2) is 9.37 Å². The lowest BCUT2D eigenvalue weighted by atomic mass is 10.3. The number of benzene rings is 3. The fraction of sp³-hybridized carbons (Fsp3) is 0.125. The molecular formula is C24H21FN4O2S. The quantitative estimate of drug-likeness (QED) is 0.421. The smallest absolute Gasteiger partial charge is 0.244 e. The molecule has 3 aromatic carbocycles. The summed E-state index contributed by atoms with van der Waals surface area (Å²) in [6.07, 6.45) is 0. The Kier molecular flexibility index (Phi) is 6.51. The summed E-state index contributed by atoms with van der Waals surface area (Å²) in [5.41, 5.74) is 2.41. The number of hydrogen-bond acceptors (Lipinski definition) is 4. The van der Waals surface area contributed by atoms with Crippen LogP contribution >= 0.6 is 11.8 Å². The summed E-state index contributed by atoms with van der Waals surface area (Å²) in [6, 6.07) is 22.8. The Hall–Kier alpha value is -3.65. The summed E-state index contributed by atoms with van der Waals surface area (Å²) in [5, 5.41) is 3.14. The van der Waals surface area contributed by atoms with Crippen LogP contribution in [0.25, 0.3) is 11.0 Å². The number of aromatic nitrogens is 2. The van der Waals surface area contributed by atoms with Gasteiger partial charge in [-0.05, 0) is 36.4 Å². The molecule has 8 heteroatoms.